The van der Waals surface area contributed by atoms with Crippen LogP contribution in [0, 0.1) is 5.82 Å². The lowest BCUT2D eigenvalue weighted by Gasteiger charge is -2.03. The van der Waals surface area contributed by atoms with E-state index in [0.29, 0.717) is 5.56 Å². The van der Waals surface area contributed by atoms with E-state index in [4.69, 9.17) is 0 Å². The van der Waals surface area contributed by atoms with Crippen molar-refractivity contribution in [3.63, 3.8) is 0 Å². The lowest BCUT2D eigenvalue weighted by Crippen LogP contribution is -2.05. The summed E-state index contributed by atoms with van der Waals surface area (Å²) in [5, 5.41) is 0. The molecule has 0 spiro atoms. The number of rotatable bonds is 1. The molecule has 2 rings (SSSR count). The smallest absolute Gasteiger partial charge is 0.321 e. The van der Waals surface area contributed by atoms with E-state index in [2.05, 4.69) is 4.74 Å². The zero-order chi connectivity index (χ0) is 10.1. The normalized spacial score (nSPS) is 21.1. The van der Waals surface area contributed by atoms with Gasteiger partial charge in [-0.2, -0.15) is 0 Å². The molecular formula is C10H7FO3. The van der Waals surface area contributed by atoms with Gasteiger partial charge in [-0.25, -0.2) is 4.39 Å². The number of hydrogen-bond donors (Lipinski definition) is 0. The van der Waals surface area contributed by atoms with Crippen molar-refractivity contribution < 1.29 is 18.7 Å². The van der Waals surface area contributed by atoms with Crippen LogP contribution < -0.4 is 0 Å². The molecule has 0 radical (unpaired) electrons. The topological polar surface area (TPSA) is 43.4 Å². The van der Waals surface area contributed by atoms with Crippen molar-refractivity contribution in [1.82, 2.24) is 0 Å². The minimum atomic E-state index is -0.641. The number of halogens is 1. The molecule has 72 valence electrons. The number of esters is 2. The van der Waals surface area contributed by atoms with Crippen molar-refractivity contribution in [3.8, 4) is 0 Å². The number of carbonyl (C=O) groups is 2. The van der Waals surface area contributed by atoms with Gasteiger partial charge in [0.15, 0.2) is 0 Å². The monoisotopic (exact) mass is 194 g/mol. The van der Waals surface area contributed by atoms with E-state index in [1.54, 1.807) is 6.07 Å². The third-order valence-electron chi connectivity index (χ3n) is 2.12. The Balaban J connectivity index is 2.31. The van der Waals surface area contributed by atoms with Gasteiger partial charge < -0.3 is 4.74 Å². The van der Waals surface area contributed by atoms with Crippen LogP contribution in [0.2, 0.25) is 0 Å². The Hall–Kier alpha value is -1.71. The minimum absolute atomic E-state index is 0.00227. The standard InChI is InChI=1S/C10H7FO3/c11-7-3-1-2-6(4-7)8-5-9(12)14-10(8)13/h1-4,8H,5H2/t8-/m1/s1. The van der Waals surface area contributed by atoms with Crippen molar-refractivity contribution in [1.29, 1.82) is 0 Å². The first kappa shape index (κ1) is 8.87. The summed E-state index contributed by atoms with van der Waals surface area (Å²) in [5.74, 6) is -2.21. The first-order chi connectivity index (χ1) is 6.66. The third-order valence-corrected chi connectivity index (χ3v) is 2.12. The molecule has 1 aromatic rings. The summed E-state index contributed by atoms with van der Waals surface area (Å²) >= 11 is 0. The summed E-state index contributed by atoms with van der Waals surface area (Å²) in [6.45, 7) is 0. The van der Waals surface area contributed by atoms with Gasteiger partial charge in [0, 0.05) is 0 Å². The Morgan fingerprint density at radius 2 is 2.14 bits per heavy atom. The molecular weight excluding hydrogens is 187 g/mol. The summed E-state index contributed by atoms with van der Waals surface area (Å²) in [7, 11) is 0. The quantitative estimate of drug-likeness (QED) is 0.501. The zero-order valence-corrected chi connectivity index (χ0v) is 7.20. The largest absolute Gasteiger partial charge is 0.393 e. The predicted octanol–water partition coefficient (Wildman–Crippen LogP) is 1.38. The van der Waals surface area contributed by atoms with E-state index in [9.17, 15) is 14.0 Å². The highest BCUT2D eigenvalue weighted by atomic mass is 19.1. The van der Waals surface area contributed by atoms with Crippen LogP contribution in [0.25, 0.3) is 0 Å². The zero-order valence-electron chi connectivity index (χ0n) is 7.20. The number of ether oxygens (including phenoxy) is 1. The molecule has 1 heterocycles. The van der Waals surface area contributed by atoms with Gasteiger partial charge in [0.05, 0.1) is 12.3 Å². The Morgan fingerprint density at radius 1 is 1.36 bits per heavy atom. The van der Waals surface area contributed by atoms with E-state index in [1.165, 1.54) is 18.2 Å². The molecule has 14 heavy (non-hydrogen) atoms. The minimum Gasteiger partial charge on any atom is -0.393 e. The van der Waals surface area contributed by atoms with Gasteiger partial charge in [0.2, 0.25) is 0 Å². The number of benzene rings is 1. The molecule has 0 N–H and O–H groups in total. The summed E-state index contributed by atoms with van der Waals surface area (Å²) < 4.78 is 17.2. The summed E-state index contributed by atoms with van der Waals surface area (Å²) in [5.41, 5.74) is 0.487. The second kappa shape index (κ2) is 3.21. The van der Waals surface area contributed by atoms with E-state index < -0.39 is 23.7 Å². The fourth-order valence-corrected chi connectivity index (χ4v) is 1.45. The first-order valence-electron chi connectivity index (χ1n) is 4.17. The van der Waals surface area contributed by atoms with Crippen LogP contribution in [-0.4, -0.2) is 11.9 Å². The summed E-state index contributed by atoms with van der Waals surface area (Å²) in [6, 6.07) is 5.63. The molecule has 0 saturated carbocycles. The number of hydrogen-bond acceptors (Lipinski definition) is 3. The first-order valence-corrected chi connectivity index (χ1v) is 4.17. The fourth-order valence-electron chi connectivity index (χ4n) is 1.45. The molecule has 1 atom stereocenters. The van der Waals surface area contributed by atoms with Gasteiger partial charge in [-0.3, -0.25) is 9.59 Å². The highest BCUT2D eigenvalue weighted by molar-refractivity contribution is 5.97. The summed E-state index contributed by atoms with van der Waals surface area (Å²) in [6.07, 6.45) is 0.00227. The number of cyclic esters (lactones) is 2. The van der Waals surface area contributed by atoms with Crippen molar-refractivity contribution in [2.24, 2.45) is 0 Å². The molecule has 4 heteroatoms. The van der Waals surface area contributed by atoms with Crippen LogP contribution in [-0.2, 0) is 14.3 Å². The molecule has 1 aromatic carbocycles. The molecule has 1 aliphatic rings. The highest BCUT2D eigenvalue weighted by Crippen LogP contribution is 2.27. The summed E-state index contributed by atoms with van der Waals surface area (Å²) in [4.78, 5) is 21.9. The molecule has 1 saturated heterocycles. The van der Waals surface area contributed by atoms with E-state index in [-0.39, 0.29) is 6.42 Å². The van der Waals surface area contributed by atoms with Crippen LogP contribution in [0.5, 0.6) is 0 Å². The van der Waals surface area contributed by atoms with Gasteiger partial charge in [0.1, 0.15) is 5.82 Å². The SMILES string of the molecule is O=C1C[C@H](c2cccc(F)c2)C(=O)O1. The van der Waals surface area contributed by atoms with Gasteiger partial charge in [-0.05, 0) is 17.7 Å². The van der Waals surface area contributed by atoms with Crippen molar-refractivity contribution in [2.75, 3.05) is 0 Å². The molecule has 0 aliphatic carbocycles. The average molecular weight is 194 g/mol. The van der Waals surface area contributed by atoms with Crippen LogP contribution in [0.1, 0.15) is 17.9 Å². The fraction of sp³-hybridized carbons (Fsp3) is 0.200. The lowest BCUT2D eigenvalue weighted by molar-refractivity contribution is -0.152. The molecule has 1 aliphatic heterocycles. The van der Waals surface area contributed by atoms with Gasteiger partial charge in [0.25, 0.3) is 0 Å². The second-order valence-electron chi connectivity index (χ2n) is 3.10. The average Bonchev–Trinajstić information content (AvgIpc) is 2.45. The highest BCUT2D eigenvalue weighted by Gasteiger charge is 2.34. The van der Waals surface area contributed by atoms with E-state index >= 15 is 0 Å². The molecule has 3 nitrogen and oxygen atoms in total. The Kier molecular flexibility index (Phi) is 2.04. The van der Waals surface area contributed by atoms with Gasteiger partial charge in [-0.1, -0.05) is 12.1 Å². The van der Waals surface area contributed by atoms with E-state index in [1.807, 2.05) is 0 Å². The van der Waals surface area contributed by atoms with Crippen LogP contribution in [0.4, 0.5) is 4.39 Å². The van der Waals surface area contributed by atoms with Gasteiger partial charge in [-0.15, -0.1) is 0 Å². The molecule has 0 unspecified atom stereocenters. The Labute approximate surface area is 79.5 Å². The van der Waals surface area contributed by atoms with Crippen LogP contribution in [0.15, 0.2) is 24.3 Å². The predicted molar refractivity (Wildman–Crippen MR) is 44.9 cm³/mol. The van der Waals surface area contributed by atoms with Gasteiger partial charge >= 0.3 is 11.9 Å². The second-order valence-corrected chi connectivity index (χ2v) is 3.10. The number of carbonyl (C=O) groups excluding carboxylic acids is 2. The van der Waals surface area contributed by atoms with Crippen molar-refractivity contribution >= 4 is 11.9 Å². The van der Waals surface area contributed by atoms with Crippen molar-refractivity contribution in [3.05, 3.63) is 35.6 Å². The molecule has 0 aromatic heterocycles. The third kappa shape index (κ3) is 1.51. The Bertz CT molecular complexity index is 400. The molecule has 0 amide bonds. The maximum atomic E-state index is 12.8. The lowest BCUT2D eigenvalue weighted by atomic mass is 9.98. The molecule has 0 bridgehead atoms. The van der Waals surface area contributed by atoms with Crippen LogP contribution >= 0.6 is 0 Å². The maximum Gasteiger partial charge on any atom is 0.321 e. The van der Waals surface area contributed by atoms with Crippen molar-refractivity contribution in [2.45, 2.75) is 12.3 Å². The van der Waals surface area contributed by atoms with Crippen LogP contribution in [0.3, 0.4) is 0 Å². The Morgan fingerprint density at radius 3 is 2.71 bits per heavy atom. The van der Waals surface area contributed by atoms with E-state index in [0.717, 1.165) is 0 Å². The molecule has 1 fully saturated rings. The maximum absolute atomic E-state index is 12.8.